The highest BCUT2D eigenvalue weighted by Gasteiger charge is 2.29. The minimum Gasteiger partial charge on any atom is -0.297 e. The molecule has 0 N–H and O–H groups in total. The van der Waals surface area contributed by atoms with Gasteiger partial charge in [-0.15, -0.1) is 0 Å². The van der Waals surface area contributed by atoms with Crippen molar-refractivity contribution in [1.82, 2.24) is 9.55 Å². The number of nitrogens with zero attached hydrogens (tertiary/aromatic N) is 2. The molecule has 0 aromatic carbocycles. The van der Waals surface area contributed by atoms with Gasteiger partial charge in [-0.2, -0.15) is 0 Å². The van der Waals surface area contributed by atoms with E-state index in [9.17, 15) is 9.59 Å². The molecule has 14 heavy (non-hydrogen) atoms. The molecule has 0 atom stereocenters. The zero-order chi connectivity index (χ0) is 10.1. The van der Waals surface area contributed by atoms with Crippen LogP contribution in [0.15, 0.2) is 17.2 Å². The lowest BCUT2D eigenvalue weighted by Gasteiger charge is -2.03. The first-order valence-electron chi connectivity index (χ1n) is 4.72. The quantitative estimate of drug-likeness (QED) is 0.702. The van der Waals surface area contributed by atoms with Gasteiger partial charge in [-0.05, 0) is 25.3 Å². The maximum absolute atomic E-state index is 11.5. The molecule has 0 saturated heterocycles. The molecule has 0 radical (unpaired) electrons. The first-order chi connectivity index (χ1) is 6.66. The zero-order valence-electron chi connectivity index (χ0n) is 8.06. The minimum atomic E-state index is -0.343. The van der Waals surface area contributed by atoms with Crippen molar-refractivity contribution in [3.63, 3.8) is 0 Å². The Balaban J connectivity index is 2.18. The van der Waals surface area contributed by atoms with Crippen LogP contribution in [0.25, 0.3) is 0 Å². The highest BCUT2D eigenvalue weighted by atomic mass is 16.2. The van der Waals surface area contributed by atoms with Gasteiger partial charge in [0.1, 0.15) is 0 Å². The summed E-state index contributed by atoms with van der Waals surface area (Å²) in [7, 11) is 0. The van der Waals surface area contributed by atoms with Crippen molar-refractivity contribution in [1.29, 1.82) is 0 Å². The molecule has 0 unspecified atom stereocenters. The van der Waals surface area contributed by atoms with Crippen LogP contribution < -0.4 is 5.69 Å². The monoisotopic (exact) mass is 192 g/mol. The summed E-state index contributed by atoms with van der Waals surface area (Å²) in [6.45, 7) is 2.03. The Morgan fingerprint density at radius 3 is 3.00 bits per heavy atom. The molecule has 0 bridgehead atoms. The molecule has 1 aromatic heterocycles. The number of aromatic nitrogens is 2. The topological polar surface area (TPSA) is 52.0 Å². The molecule has 1 heterocycles. The van der Waals surface area contributed by atoms with Gasteiger partial charge in [-0.25, -0.2) is 9.78 Å². The highest BCUT2D eigenvalue weighted by Crippen LogP contribution is 2.29. The van der Waals surface area contributed by atoms with Crippen molar-refractivity contribution >= 4 is 5.78 Å². The summed E-state index contributed by atoms with van der Waals surface area (Å²) >= 11 is 0. The molecule has 1 aromatic rings. The fourth-order valence-electron chi connectivity index (χ4n) is 1.38. The summed E-state index contributed by atoms with van der Waals surface area (Å²) in [5.41, 5.74) is 0.554. The van der Waals surface area contributed by atoms with E-state index in [0.717, 1.165) is 18.4 Å². The number of Topliss-reactive ketones (excluding diaryl/α,β-unsaturated/α-hetero) is 1. The summed E-state index contributed by atoms with van der Waals surface area (Å²) in [5, 5.41) is 0. The second kappa shape index (κ2) is 3.36. The van der Waals surface area contributed by atoms with Crippen LogP contribution in [0.1, 0.15) is 18.4 Å². The van der Waals surface area contributed by atoms with Crippen molar-refractivity contribution in [2.75, 3.05) is 0 Å². The second-order valence-electron chi connectivity index (χ2n) is 3.78. The van der Waals surface area contributed by atoms with E-state index in [2.05, 4.69) is 4.98 Å². The van der Waals surface area contributed by atoms with Crippen molar-refractivity contribution in [2.45, 2.75) is 26.3 Å². The molecule has 0 aliphatic heterocycles. The maximum Gasteiger partial charge on any atom is 0.347 e. The number of carbonyl (C=O) groups is 1. The van der Waals surface area contributed by atoms with Crippen LogP contribution in [-0.4, -0.2) is 15.3 Å². The van der Waals surface area contributed by atoms with E-state index in [-0.39, 0.29) is 23.9 Å². The number of hydrogen-bond donors (Lipinski definition) is 0. The van der Waals surface area contributed by atoms with Gasteiger partial charge in [-0.1, -0.05) is 0 Å². The molecular weight excluding hydrogens is 180 g/mol. The molecule has 1 saturated carbocycles. The smallest absolute Gasteiger partial charge is 0.297 e. The zero-order valence-corrected chi connectivity index (χ0v) is 8.06. The Labute approximate surface area is 81.6 Å². The summed E-state index contributed by atoms with van der Waals surface area (Å²) in [4.78, 5) is 26.4. The number of hydrogen-bond acceptors (Lipinski definition) is 3. The van der Waals surface area contributed by atoms with Crippen LogP contribution in [0.2, 0.25) is 0 Å². The largest absolute Gasteiger partial charge is 0.347 e. The van der Waals surface area contributed by atoms with Gasteiger partial charge < -0.3 is 0 Å². The predicted molar refractivity (Wildman–Crippen MR) is 51.0 cm³/mol. The van der Waals surface area contributed by atoms with Crippen LogP contribution in [0, 0.1) is 12.8 Å². The first kappa shape index (κ1) is 9.12. The molecule has 4 nitrogen and oxygen atoms in total. The van der Waals surface area contributed by atoms with E-state index >= 15 is 0 Å². The molecule has 1 aliphatic rings. The Bertz CT molecular complexity index is 418. The van der Waals surface area contributed by atoms with E-state index in [1.165, 1.54) is 10.8 Å². The third-order valence-electron chi connectivity index (χ3n) is 2.34. The molecule has 0 amide bonds. The second-order valence-corrected chi connectivity index (χ2v) is 3.78. The fourth-order valence-corrected chi connectivity index (χ4v) is 1.38. The van der Waals surface area contributed by atoms with Crippen LogP contribution >= 0.6 is 0 Å². The summed E-state index contributed by atoms with van der Waals surface area (Å²) in [6, 6.07) is 0. The van der Waals surface area contributed by atoms with Gasteiger partial charge in [0.2, 0.25) is 0 Å². The first-order valence-corrected chi connectivity index (χ1v) is 4.72. The summed E-state index contributed by atoms with van der Waals surface area (Å²) in [5.74, 6) is 0.349. The van der Waals surface area contributed by atoms with Crippen LogP contribution in [0.4, 0.5) is 0 Å². The van der Waals surface area contributed by atoms with Crippen LogP contribution in [0.5, 0.6) is 0 Å². The van der Waals surface area contributed by atoms with Gasteiger partial charge in [-0.3, -0.25) is 9.36 Å². The minimum absolute atomic E-state index is 0.152. The Morgan fingerprint density at radius 2 is 2.36 bits per heavy atom. The van der Waals surface area contributed by atoms with Crippen LogP contribution in [-0.2, 0) is 11.3 Å². The van der Waals surface area contributed by atoms with Crippen molar-refractivity contribution in [3.8, 4) is 0 Å². The molecule has 1 aliphatic carbocycles. The van der Waals surface area contributed by atoms with Crippen molar-refractivity contribution < 1.29 is 4.79 Å². The fraction of sp³-hybridized carbons (Fsp3) is 0.500. The lowest BCUT2D eigenvalue weighted by atomic mass is 10.2. The maximum atomic E-state index is 11.5. The van der Waals surface area contributed by atoms with Crippen molar-refractivity contribution in [2.24, 2.45) is 5.92 Å². The highest BCUT2D eigenvalue weighted by molar-refractivity contribution is 5.82. The lowest BCUT2D eigenvalue weighted by molar-refractivity contribution is -0.120. The van der Waals surface area contributed by atoms with E-state index in [0.29, 0.717) is 0 Å². The van der Waals surface area contributed by atoms with Gasteiger partial charge >= 0.3 is 5.69 Å². The number of ketones is 1. The average Bonchev–Trinajstić information content (AvgIpc) is 2.94. The molecule has 74 valence electrons. The predicted octanol–water partition coefficient (Wildman–Crippen LogP) is 0.531. The van der Waals surface area contributed by atoms with Gasteiger partial charge in [0.05, 0.1) is 6.54 Å². The Kier molecular flexibility index (Phi) is 2.19. The lowest BCUT2D eigenvalue weighted by Crippen LogP contribution is -2.26. The molecule has 0 spiro atoms. The number of aryl methyl sites for hydroxylation is 1. The Hall–Kier alpha value is -1.45. The van der Waals surface area contributed by atoms with E-state index in [4.69, 9.17) is 0 Å². The third-order valence-corrected chi connectivity index (χ3v) is 2.34. The van der Waals surface area contributed by atoms with Crippen LogP contribution in [0.3, 0.4) is 0 Å². The molecule has 2 rings (SSSR count). The Morgan fingerprint density at radius 1 is 1.64 bits per heavy atom. The van der Waals surface area contributed by atoms with Gasteiger partial charge in [0, 0.05) is 18.3 Å². The molecular formula is C10H12N2O2. The molecule has 4 heteroatoms. The standard InChI is InChI=1S/C10H12N2O2/c1-7-4-11-10(14)12(5-7)6-9(13)8-2-3-8/h4-5,8H,2-3,6H2,1H3. The van der Waals surface area contributed by atoms with Crippen molar-refractivity contribution in [3.05, 3.63) is 28.4 Å². The SMILES string of the molecule is Cc1cnc(=O)n(CC(=O)C2CC2)c1. The summed E-state index contributed by atoms with van der Waals surface area (Å²) < 4.78 is 1.38. The normalized spacial score (nSPS) is 15.5. The summed E-state index contributed by atoms with van der Waals surface area (Å²) in [6.07, 6.45) is 5.15. The van der Waals surface area contributed by atoms with E-state index in [1.54, 1.807) is 6.20 Å². The van der Waals surface area contributed by atoms with Gasteiger partial charge in [0.15, 0.2) is 5.78 Å². The van der Waals surface area contributed by atoms with Gasteiger partial charge in [0.25, 0.3) is 0 Å². The van der Waals surface area contributed by atoms with E-state index in [1.807, 2.05) is 6.92 Å². The molecule has 1 fully saturated rings. The third kappa shape index (κ3) is 1.89. The number of rotatable bonds is 3. The van der Waals surface area contributed by atoms with E-state index < -0.39 is 0 Å². The number of carbonyl (C=O) groups excluding carboxylic acids is 1. The average molecular weight is 192 g/mol.